The summed E-state index contributed by atoms with van der Waals surface area (Å²) >= 11 is 1.52. The molecule has 0 aliphatic rings. The predicted octanol–water partition coefficient (Wildman–Crippen LogP) is 0.796. The van der Waals surface area contributed by atoms with Crippen LogP contribution < -0.4 is 5.32 Å². The molecule has 1 aromatic heterocycles. The monoisotopic (exact) mass is 200 g/mol. The topological polar surface area (TPSA) is 51.2 Å². The second-order valence-electron chi connectivity index (χ2n) is 2.38. The van der Waals surface area contributed by atoms with Crippen molar-refractivity contribution in [2.24, 2.45) is 0 Å². The van der Waals surface area contributed by atoms with E-state index in [1.54, 1.807) is 11.7 Å². The summed E-state index contributed by atoms with van der Waals surface area (Å²) < 4.78 is 4.94. The normalized spacial score (nSPS) is 9.92. The number of carbonyl (C=O) groups is 1. The number of thiazole rings is 1. The summed E-state index contributed by atoms with van der Waals surface area (Å²) in [5.41, 5.74) is 1.74. The van der Waals surface area contributed by atoms with Crippen molar-refractivity contribution in [2.75, 3.05) is 13.2 Å². The Bertz CT molecular complexity index is 249. The molecule has 0 fully saturated rings. The minimum Gasteiger partial charge on any atom is -0.372 e. The van der Waals surface area contributed by atoms with Crippen molar-refractivity contribution in [3.8, 4) is 0 Å². The van der Waals surface area contributed by atoms with E-state index >= 15 is 0 Å². The first-order valence-electron chi connectivity index (χ1n) is 4.04. The summed E-state index contributed by atoms with van der Waals surface area (Å²) in [6.07, 6.45) is 1.74. The fourth-order valence-corrected chi connectivity index (χ4v) is 1.30. The average Bonchev–Trinajstić information content (AvgIpc) is 2.64. The molecule has 72 valence electrons. The summed E-state index contributed by atoms with van der Waals surface area (Å²) in [6.45, 7) is 3.09. The lowest BCUT2D eigenvalue weighted by Crippen LogP contribution is -2.26. The van der Waals surface area contributed by atoms with Crippen LogP contribution >= 0.6 is 11.3 Å². The van der Waals surface area contributed by atoms with Gasteiger partial charge < -0.3 is 10.1 Å². The molecule has 0 saturated carbocycles. The first-order valence-corrected chi connectivity index (χ1v) is 4.92. The van der Waals surface area contributed by atoms with Gasteiger partial charge in [-0.05, 0) is 6.92 Å². The lowest BCUT2D eigenvalue weighted by molar-refractivity contribution is -0.125. The van der Waals surface area contributed by atoms with E-state index < -0.39 is 0 Å². The van der Waals surface area contributed by atoms with Gasteiger partial charge in [0.25, 0.3) is 0 Å². The first-order chi connectivity index (χ1) is 6.33. The van der Waals surface area contributed by atoms with Gasteiger partial charge in [0.15, 0.2) is 0 Å². The van der Waals surface area contributed by atoms with Gasteiger partial charge >= 0.3 is 0 Å². The average molecular weight is 200 g/mol. The molecule has 0 spiro atoms. The zero-order valence-corrected chi connectivity index (χ0v) is 8.26. The van der Waals surface area contributed by atoms with Crippen molar-refractivity contribution in [3.05, 3.63) is 16.6 Å². The van der Waals surface area contributed by atoms with Gasteiger partial charge in [-0.15, -0.1) is 11.3 Å². The summed E-state index contributed by atoms with van der Waals surface area (Å²) in [4.78, 5) is 16.0. The van der Waals surface area contributed by atoms with E-state index in [0.29, 0.717) is 13.2 Å². The molecule has 0 bridgehead atoms. The third-order valence-corrected chi connectivity index (χ3v) is 2.16. The van der Waals surface area contributed by atoms with Crippen molar-refractivity contribution >= 4 is 17.2 Å². The molecule has 1 amide bonds. The Morgan fingerprint density at radius 3 is 3.23 bits per heavy atom. The molecule has 0 radical (unpaired) electrons. The maximum absolute atomic E-state index is 11.0. The van der Waals surface area contributed by atoms with Crippen LogP contribution in [-0.2, 0) is 16.1 Å². The van der Waals surface area contributed by atoms with Gasteiger partial charge in [-0.3, -0.25) is 9.78 Å². The highest BCUT2D eigenvalue weighted by atomic mass is 32.1. The Kier molecular flexibility index (Phi) is 4.42. The molecule has 0 aromatic carbocycles. The maximum atomic E-state index is 11.0. The van der Waals surface area contributed by atoms with Crippen LogP contribution in [-0.4, -0.2) is 24.1 Å². The highest BCUT2D eigenvalue weighted by molar-refractivity contribution is 7.09. The Hall–Kier alpha value is -0.940. The van der Waals surface area contributed by atoms with Crippen molar-refractivity contribution in [3.63, 3.8) is 0 Å². The van der Waals surface area contributed by atoms with Gasteiger partial charge in [0.1, 0.15) is 6.61 Å². The van der Waals surface area contributed by atoms with E-state index in [1.807, 2.05) is 6.92 Å². The van der Waals surface area contributed by atoms with Gasteiger partial charge in [0.2, 0.25) is 5.91 Å². The molecule has 0 atom stereocenters. The number of amides is 1. The number of carbonyl (C=O) groups excluding carboxylic acids is 1. The van der Waals surface area contributed by atoms with Crippen molar-refractivity contribution < 1.29 is 9.53 Å². The largest absolute Gasteiger partial charge is 0.372 e. The van der Waals surface area contributed by atoms with Gasteiger partial charge in [-0.2, -0.15) is 0 Å². The third kappa shape index (κ3) is 4.00. The molecular formula is C8H12N2O2S. The molecule has 1 heterocycles. The van der Waals surface area contributed by atoms with E-state index in [4.69, 9.17) is 4.74 Å². The molecule has 4 nitrogen and oxygen atoms in total. The van der Waals surface area contributed by atoms with E-state index in [9.17, 15) is 4.79 Å². The second-order valence-corrected chi connectivity index (χ2v) is 3.35. The Morgan fingerprint density at radius 2 is 2.62 bits per heavy atom. The van der Waals surface area contributed by atoms with Crippen LogP contribution in [0.3, 0.4) is 0 Å². The van der Waals surface area contributed by atoms with Crippen LogP contribution in [0, 0.1) is 0 Å². The Balaban J connectivity index is 2.15. The number of ether oxygens (including phenoxy) is 1. The molecular weight excluding hydrogens is 188 g/mol. The van der Waals surface area contributed by atoms with Gasteiger partial charge in [-0.1, -0.05) is 0 Å². The number of hydrogen-bond acceptors (Lipinski definition) is 4. The number of hydrogen-bond donors (Lipinski definition) is 1. The van der Waals surface area contributed by atoms with E-state index in [0.717, 1.165) is 4.88 Å². The lowest BCUT2D eigenvalue weighted by Gasteiger charge is -2.02. The van der Waals surface area contributed by atoms with Crippen molar-refractivity contribution in [1.82, 2.24) is 10.3 Å². The number of nitrogens with one attached hydrogen (secondary N) is 1. The van der Waals surface area contributed by atoms with Crippen molar-refractivity contribution in [1.29, 1.82) is 0 Å². The molecule has 0 aliphatic heterocycles. The summed E-state index contributed by atoms with van der Waals surface area (Å²) in [7, 11) is 0. The van der Waals surface area contributed by atoms with Crippen LogP contribution in [0.25, 0.3) is 0 Å². The minimum atomic E-state index is -0.0877. The smallest absolute Gasteiger partial charge is 0.246 e. The van der Waals surface area contributed by atoms with E-state index in [2.05, 4.69) is 10.3 Å². The molecule has 1 aromatic rings. The molecule has 1 N–H and O–H groups in total. The standard InChI is InChI=1S/C8H12N2O2S/c1-2-12-5-8(11)10-4-7-3-9-6-13-7/h3,6H,2,4-5H2,1H3,(H,10,11). The van der Waals surface area contributed by atoms with Gasteiger partial charge in [0.05, 0.1) is 12.1 Å². The molecule has 5 heteroatoms. The highest BCUT2D eigenvalue weighted by Gasteiger charge is 2.00. The minimum absolute atomic E-state index is 0.0877. The number of rotatable bonds is 5. The fourth-order valence-electron chi connectivity index (χ4n) is 0.761. The van der Waals surface area contributed by atoms with Crippen LogP contribution in [0.5, 0.6) is 0 Å². The molecule has 0 aliphatic carbocycles. The Labute approximate surface area is 80.9 Å². The highest BCUT2D eigenvalue weighted by Crippen LogP contribution is 2.03. The predicted molar refractivity (Wildman–Crippen MR) is 50.5 cm³/mol. The number of nitrogens with zero attached hydrogens (tertiary/aromatic N) is 1. The van der Waals surface area contributed by atoms with Gasteiger partial charge in [-0.25, -0.2) is 0 Å². The Morgan fingerprint density at radius 1 is 1.77 bits per heavy atom. The van der Waals surface area contributed by atoms with Crippen LogP contribution in [0.15, 0.2) is 11.7 Å². The SMILES string of the molecule is CCOCC(=O)NCc1cncs1. The van der Waals surface area contributed by atoms with Crippen LogP contribution in [0.2, 0.25) is 0 Å². The molecule has 0 saturated heterocycles. The van der Waals surface area contributed by atoms with Crippen molar-refractivity contribution in [2.45, 2.75) is 13.5 Å². The first kappa shape index (κ1) is 10.1. The van der Waals surface area contributed by atoms with Crippen LogP contribution in [0.4, 0.5) is 0 Å². The summed E-state index contributed by atoms with van der Waals surface area (Å²) in [6, 6.07) is 0. The maximum Gasteiger partial charge on any atom is 0.246 e. The second kappa shape index (κ2) is 5.66. The summed E-state index contributed by atoms with van der Waals surface area (Å²) in [5.74, 6) is -0.0877. The van der Waals surface area contributed by atoms with E-state index in [1.165, 1.54) is 11.3 Å². The van der Waals surface area contributed by atoms with Gasteiger partial charge in [0, 0.05) is 17.7 Å². The molecule has 0 unspecified atom stereocenters. The fraction of sp³-hybridized carbons (Fsp3) is 0.500. The zero-order valence-electron chi connectivity index (χ0n) is 7.45. The molecule has 13 heavy (non-hydrogen) atoms. The third-order valence-electron chi connectivity index (χ3n) is 1.38. The quantitative estimate of drug-likeness (QED) is 0.764. The van der Waals surface area contributed by atoms with Crippen LogP contribution in [0.1, 0.15) is 11.8 Å². The molecule has 1 rings (SSSR count). The summed E-state index contributed by atoms with van der Waals surface area (Å²) in [5, 5.41) is 2.73. The van der Waals surface area contributed by atoms with E-state index in [-0.39, 0.29) is 12.5 Å². The number of aromatic nitrogens is 1. The zero-order chi connectivity index (χ0) is 9.52. The lowest BCUT2D eigenvalue weighted by atomic mass is 10.5.